The van der Waals surface area contributed by atoms with Crippen molar-refractivity contribution in [2.45, 2.75) is 19.9 Å². The number of nitrogens with one attached hydrogen (secondary N) is 1. The Hall–Kier alpha value is -3.02. The van der Waals surface area contributed by atoms with E-state index >= 15 is 0 Å². The van der Waals surface area contributed by atoms with Crippen LogP contribution in [0.2, 0.25) is 0 Å². The van der Waals surface area contributed by atoms with Crippen LogP contribution in [-0.4, -0.2) is 17.6 Å². The number of carbonyl (C=O) groups excluding carboxylic acids is 1. The van der Waals surface area contributed by atoms with Crippen molar-refractivity contribution < 1.29 is 13.9 Å². The number of aryl methyl sites for hydroxylation is 1. The molecule has 0 spiro atoms. The molecule has 0 fully saturated rings. The third-order valence-electron chi connectivity index (χ3n) is 3.72. The largest absolute Gasteiger partial charge is 0.496 e. The highest BCUT2D eigenvalue weighted by molar-refractivity contribution is 6.06. The summed E-state index contributed by atoms with van der Waals surface area (Å²) in [4.78, 5) is 24.3. The molecule has 0 aliphatic heterocycles. The van der Waals surface area contributed by atoms with Crippen molar-refractivity contribution in [2.24, 2.45) is 0 Å². The summed E-state index contributed by atoms with van der Waals surface area (Å²) < 4.78 is 12.0. The summed E-state index contributed by atoms with van der Waals surface area (Å²) >= 11 is 0. The van der Waals surface area contributed by atoms with E-state index in [1.54, 1.807) is 47.0 Å². The second-order valence-electron chi connectivity index (χ2n) is 5.36. The fraction of sp³-hybridized carbons (Fsp3) is 0.222. The van der Waals surface area contributed by atoms with Crippen LogP contribution in [0.1, 0.15) is 23.7 Å². The summed E-state index contributed by atoms with van der Waals surface area (Å²) in [5, 5.41) is 2.80. The van der Waals surface area contributed by atoms with Crippen molar-refractivity contribution in [2.75, 3.05) is 12.4 Å². The van der Waals surface area contributed by atoms with Crippen molar-refractivity contribution >= 4 is 22.7 Å². The fourth-order valence-corrected chi connectivity index (χ4v) is 2.61. The minimum absolute atomic E-state index is 0.290. The minimum Gasteiger partial charge on any atom is -0.496 e. The molecule has 1 heterocycles. The van der Waals surface area contributed by atoms with Gasteiger partial charge in [-0.2, -0.15) is 0 Å². The van der Waals surface area contributed by atoms with E-state index in [0.717, 1.165) is 11.9 Å². The lowest BCUT2D eigenvalue weighted by atomic mass is 10.2. The lowest BCUT2D eigenvalue weighted by Gasteiger charge is -2.09. The summed E-state index contributed by atoms with van der Waals surface area (Å²) in [6.45, 7) is 2.59. The van der Waals surface area contributed by atoms with Gasteiger partial charge < -0.3 is 14.5 Å². The molecule has 0 aliphatic carbocycles. The van der Waals surface area contributed by atoms with Gasteiger partial charge in [-0.15, -0.1) is 0 Å². The summed E-state index contributed by atoms with van der Waals surface area (Å²) in [6, 6.07) is 12.1. The van der Waals surface area contributed by atoms with Gasteiger partial charge in [0.05, 0.1) is 18.2 Å². The van der Waals surface area contributed by atoms with Gasteiger partial charge in [0.2, 0.25) is 0 Å². The third-order valence-corrected chi connectivity index (χ3v) is 3.72. The molecule has 3 rings (SSSR count). The molecule has 6 heteroatoms. The molecule has 0 aliphatic rings. The molecule has 1 amide bonds. The molecule has 0 unspecified atom stereocenters. The van der Waals surface area contributed by atoms with Crippen molar-refractivity contribution in [1.82, 2.24) is 4.57 Å². The predicted molar refractivity (Wildman–Crippen MR) is 91.7 cm³/mol. The van der Waals surface area contributed by atoms with Crippen molar-refractivity contribution in [1.29, 1.82) is 0 Å². The number of fused-ring (bicyclic) bond motifs is 1. The van der Waals surface area contributed by atoms with Gasteiger partial charge in [0.1, 0.15) is 5.75 Å². The van der Waals surface area contributed by atoms with E-state index < -0.39 is 0 Å². The van der Waals surface area contributed by atoms with Crippen molar-refractivity contribution in [3.05, 3.63) is 58.6 Å². The molecule has 2 aromatic carbocycles. The van der Waals surface area contributed by atoms with Gasteiger partial charge in [0, 0.05) is 18.3 Å². The summed E-state index contributed by atoms with van der Waals surface area (Å²) in [6.07, 6.45) is 0.834. The van der Waals surface area contributed by atoms with Crippen molar-refractivity contribution in [3.8, 4) is 5.75 Å². The smallest absolute Gasteiger partial charge is 0.419 e. The molecular weight excluding hydrogens is 308 g/mol. The minimum atomic E-state index is -0.389. The van der Waals surface area contributed by atoms with E-state index in [-0.39, 0.29) is 11.7 Å². The number of oxazole rings is 1. The lowest BCUT2D eigenvalue weighted by Crippen LogP contribution is -2.13. The van der Waals surface area contributed by atoms with E-state index in [0.29, 0.717) is 29.1 Å². The Morgan fingerprint density at radius 2 is 2.04 bits per heavy atom. The third kappa shape index (κ3) is 2.90. The van der Waals surface area contributed by atoms with Gasteiger partial charge in [-0.05, 0) is 30.7 Å². The Morgan fingerprint density at radius 1 is 1.25 bits per heavy atom. The highest BCUT2D eigenvalue weighted by atomic mass is 16.5. The van der Waals surface area contributed by atoms with Gasteiger partial charge >= 0.3 is 5.76 Å². The monoisotopic (exact) mass is 326 g/mol. The Bertz CT molecular complexity index is 940. The van der Waals surface area contributed by atoms with Gasteiger partial charge in [-0.1, -0.05) is 19.1 Å². The predicted octanol–water partition coefficient (Wildman–Crippen LogP) is 3.27. The van der Waals surface area contributed by atoms with Crippen LogP contribution in [0.5, 0.6) is 5.75 Å². The van der Waals surface area contributed by atoms with Crippen LogP contribution >= 0.6 is 0 Å². The number of amides is 1. The molecule has 1 aromatic heterocycles. The summed E-state index contributed by atoms with van der Waals surface area (Å²) in [5.41, 5.74) is 2.16. The number of nitrogens with zero attached hydrogens (tertiary/aromatic N) is 1. The van der Waals surface area contributed by atoms with E-state index in [2.05, 4.69) is 5.32 Å². The molecule has 3 aromatic rings. The molecule has 0 atom stereocenters. The van der Waals surface area contributed by atoms with Crippen molar-refractivity contribution in [3.63, 3.8) is 0 Å². The zero-order valence-electron chi connectivity index (χ0n) is 13.5. The van der Waals surface area contributed by atoms with Crippen LogP contribution in [0.25, 0.3) is 11.1 Å². The fourth-order valence-electron chi connectivity index (χ4n) is 2.61. The number of carbonyl (C=O) groups is 1. The molecule has 0 saturated heterocycles. The number of para-hydroxylation sites is 1. The molecule has 6 nitrogen and oxygen atoms in total. The van der Waals surface area contributed by atoms with E-state index in [9.17, 15) is 9.59 Å². The molecule has 0 radical (unpaired) electrons. The van der Waals surface area contributed by atoms with Gasteiger partial charge in [0.25, 0.3) is 5.91 Å². The molecule has 0 bridgehead atoms. The van der Waals surface area contributed by atoms with Crippen LogP contribution in [0.15, 0.2) is 51.7 Å². The lowest BCUT2D eigenvalue weighted by molar-refractivity contribution is 0.102. The number of methoxy groups -OCH3 is 1. The highest BCUT2D eigenvalue weighted by Gasteiger charge is 2.13. The molecule has 24 heavy (non-hydrogen) atoms. The van der Waals surface area contributed by atoms with Crippen LogP contribution in [-0.2, 0) is 6.54 Å². The molecule has 124 valence electrons. The average Bonchev–Trinajstić information content (AvgIpc) is 2.90. The van der Waals surface area contributed by atoms with Gasteiger partial charge in [-0.3, -0.25) is 9.36 Å². The topological polar surface area (TPSA) is 73.5 Å². The number of hydrogen-bond acceptors (Lipinski definition) is 4. The quantitative estimate of drug-likeness (QED) is 0.781. The zero-order valence-corrected chi connectivity index (χ0v) is 13.5. The van der Waals surface area contributed by atoms with E-state index in [4.69, 9.17) is 9.15 Å². The maximum absolute atomic E-state index is 12.4. The van der Waals surface area contributed by atoms with Crippen LogP contribution in [0.3, 0.4) is 0 Å². The Morgan fingerprint density at radius 3 is 2.79 bits per heavy atom. The average molecular weight is 326 g/mol. The first-order valence-corrected chi connectivity index (χ1v) is 7.71. The van der Waals surface area contributed by atoms with Crippen LogP contribution < -0.4 is 15.8 Å². The van der Waals surface area contributed by atoms with E-state index in [1.807, 2.05) is 6.92 Å². The molecule has 0 saturated carbocycles. The van der Waals surface area contributed by atoms with Crippen LogP contribution in [0.4, 0.5) is 5.69 Å². The maximum Gasteiger partial charge on any atom is 0.419 e. The number of rotatable bonds is 5. The highest BCUT2D eigenvalue weighted by Crippen LogP contribution is 2.22. The Kier molecular flexibility index (Phi) is 4.37. The first-order valence-electron chi connectivity index (χ1n) is 7.71. The Labute approximate surface area is 138 Å². The first-order chi connectivity index (χ1) is 11.6. The maximum atomic E-state index is 12.4. The standard InChI is InChI=1S/C18H18N2O4/c1-3-10-20-14-9-8-12(11-16(14)24-18(20)22)19-17(21)13-6-4-5-7-15(13)23-2/h4-9,11H,3,10H2,1-2H3,(H,19,21). The number of aromatic nitrogens is 1. The summed E-state index contributed by atoms with van der Waals surface area (Å²) in [7, 11) is 1.52. The zero-order chi connectivity index (χ0) is 17.1. The second kappa shape index (κ2) is 6.62. The number of anilines is 1. The second-order valence-corrected chi connectivity index (χ2v) is 5.36. The normalized spacial score (nSPS) is 10.8. The van der Waals surface area contributed by atoms with Crippen LogP contribution in [0, 0.1) is 0 Å². The first kappa shape index (κ1) is 15.9. The number of ether oxygens (including phenoxy) is 1. The molecule has 1 N–H and O–H groups in total. The number of hydrogen-bond donors (Lipinski definition) is 1. The summed E-state index contributed by atoms with van der Waals surface area (Å²) in [5.74, 6) is -0.182. The SMILES string of the molecule is CCCn1c(=O)oc2cc(NC(=O)c3ccccc3OC)ccc21. The van der Waals surface area contributed by atoms with Gasteiger partial charge in [-0.25, -0.2) is 4.79 Å². The number of benzene rings is 2. The molecular formula is C18H18N2O4. The Balaban J connectivity index is 1.90. The van der Waals surface area contributed by atoms with Gasteiger partial charge in [0.15, 0.2) is 5.58 Å². The van der Waals surface area contributed by atoms with E-state index in [1.165, 1.54) is 7.11 Å².